The minimum Gasteiger partial charge on any atom is -0.370 e. The van der Waals surface area contributed by atoms with E-state index in [-0.39, 0.29) is 0 Å². The number of aliphatic hydroxyl groups is 1. The summed E-state index contributed by atoms with van der Waals surface area (Å²) >= 11 is 0. The van der Waals surface area contributed by atoms with Gasteiger partial charge in [0.15, 0.2) is 0 Å². The zero-order valence-corrected chi connectivity index (χ0v) is 9.28. The van der Waals surface area contributed by atoms with Gasteiger partial charge in [0.25, 0.3) is 0 Å². The Morgan fingerprint density at radius 3 is 2.31 bits per heavy atom. The van der Waals surface area contributed by atoms with Crippen molar-refractivity contribution in [3.63, 3.8) is 0 Å². The molecular formula is C11H21NO. The molecular weight excluding hydrogens is 162 g/mol. The lowest BCUT2D eigenvalue weighted by molar-refractivity contribution is 0.0780. The fourth-order valence-corrected chi connectivity index (χ4v) is 1.18. The van der Waals surface area contributed by atoms with E-state index in [0.29, 0.717) is 5.92 Å². The highest BCUT2D eigenvalue weighted by molar-refractivity contribution is 5.21. The molecule has 0 spiro atoms. The molecule has 0 radical (unpaired) electrons. The maximum absolute atomic E-state index is 9.61. The second-order valence-electron chi connectivity index (χ2n) is 3.20. The Hall–Kier alpha value is -0.760. The Morgan fingerprint density at radius 2 is 1.92 bits per heavy atom. The highest BCUT2D eigenvalue weighted by Crippen LogP contribution is 2.19. The van der Waals surface area contributed by atoms with Crippen LogP contribution in [0.3, 0.4) is 0 Å². The Balaban J connectivity index is 0.000000671. The Kier molecular flexibility index (Phi) is 5.47. The SMILES string of the molecule is CC.CC(C)C1=CC=CN(C)C1O. The molecule has 2 heteroatoms. The van der Waals surface area contributed by atoms with Crippen molar-refractivity contribution in [3.8, 4) is 0 Å². The van der Waals surface area contributed by atoms with E-state index >= 15 is 0 Å². The summed E-state index contributed by atoms with van der Waals surface area (Å²) in [4.78, 5) is 1.80. The van der Waals surface area contributed by atoms with Gasteiger partial charge < -0.3 is 10.0 Å². The zero-order valence-electron chi connectivity index (χ0n) is 9.28. The minimum atomic E-state index is -0.431. The van der Waals surface area contributed by atoms with Crippen molar-refractivity contribution in [3.05, 3.63) is 23.9 Å². The summed E-state index contributed by atoms with van der Waals surface area (Å²) in [5.74, 6) is 0.414. The van der Waals surface area contributed by atoms with Gasteiger partial charge in [-0.1, -0.05) is 33.8 Å². The van der Waals surface area contributed by atoms with Gasteiger partial charge in [0.05, 0.1) is 0 Å². The summed E-state index contributed by atoms with van der Waals surface area (Å²) in [6, 6.07) is 0. The van der Waals surface area contributed by atoms with Crippen LogP contribution in [0.5, 0.6) is 0 Å². The molecule has 0 aromatic rings. The fraction of sp³-hybridized carbons (Fsp3) is 0.636. The van der Waals surface area contributed by atoms with Gasteiger partial charge >= 0.3 is 0 Å². The number of nitrogens with zero attached hydrogens (tertiary/aromatic N) is 1. The topological polar surface area (TPSA) is 23.5 Å². The summed E-state index contributed by atoms with van der Waals surface area (Å²) in [5, 5.41) is 9.61. The first kappa shape index (κ1) is 12.2. The van der Waals surface area contributed by atoms with E-state index in [1.54, 1.807) is 4.90 Å². The van der Waals surface area contributed by atoms with E-state index < -0.39 is 6.23 Å². The maximum atomic E-state index is 9.61. The van der Waals surface area contributed by atoms with Crippen LogP contribution in [-0.4, -0.2) is 23.3 Å². The molecule has 0 aliphatic carbocycles. The van der Waals surface area contributed by atoms with Gasteiger partial charge in [-0.25, -0.2) is 0 Å². The third-order valence-corrected chi connectivity index (χ3v) is 1.96. The third kappa shape index (κ3) is 3.23. The van der Waals surface area contributed by atoms with Crippen LogP contribution >= 0.6 is 0 Å². The summed E-state index contributed by atoms with van der Waals surface area (Å²) < 4.78 is 0. The fourth-order valence-electron chi connectivity index (χ4n) is 1.18. The summed E-state index contributed by atoms with van der Waals surface area (Å²) in [5.41, 5.74) is 1.08. The van der Waals surface area contributed by atoms with E-state index in [1.807, 2.05) is 39.2 Å². The van der Waals surface area contributed by atoms with E-state index in [0.717, 1.165) is 5.57 Å². The van der Waals surface area contributed by atoms with Crippen molar-refractivity contribution in [1.82, 2.24) is 4.90 Å². The highest BCUT2D eigenvalue weighted by Gasteiger charge is 2.18. The molecule has 1 atom stereocenters. The molecule has 0 saturated carbocycles. The first-order chi connectivity index (χ1) is 6.13. The number of hydrogen-bond acceptors (Lipinski definition) is 2. The van der Waals surface area contributed by atoms with Gasteiger partial charge in [0.2, 0.25) is 0 Å². The van der Waals surface area contributed by atoms with E-state index in [2.05, 4.69) is 13.8 Å². The van der Waals surface area contributed by atoms with Gasteiger partial charge in [-0.05, 0) is 17.6 Å². The van der Waals surface area contributed by atoms with Crippen molar-refractivity contribution in [1.29, 1.82) is 0 Å². The second kappa shape index (κ2) is 5.81. The zero-order chi connectivity index (χ0) is 10.4. The van der Waals surface area contributed by atoms with Crippen LogP contribution in [0.15, 0.2) is 23.9 Å². The van der Waals surface area contributed by atoms with Crippen LogP contribution in [0.25, 0.3) is 0 Å². The van der Waals surface area contributed by atoms with Crippen LogP contribution in [0.4, 0.5) is 0 Å². The Morgan fingerprint density at radius 1 is 1.38 bits per heavy atom. The molecule has 0 aromatic carbocycles. The number of allylic oxidation sites excluding steroid dienone is 2. The third-order valence-electron chi connectivity index (χ3n) is 1.96. The quantitative estimate of drug-likeness (QED) is 0.674. The predicted molar refractivity (Wildman–Crippen MR) is 57.2 cm³/mol. The second-order valence-corrected chi connectivity index (χ2v) is 3.20. The number of likely N-dealkylation sites (N-methyl/N-ethyl adjacent to an activating group) is 1. The Bertz CT molecular complexity index is 194. The minimum absolute atomic E-state index is 0.414. The monoisotopic (exact) mass is 183 g/mol. The highest BCUT2D eigenvalue weighted by atomic mass is 16.3. The molecule has 13 heavy (non-hydrogen) atoms. The van der Waals surface area contributed by atoms with Crippen molar-refractivity contribution in [2.24, 2.45) is 5.92 Å². The predicted octanol–water partition coefficient (Wildman–Crippen LogP) is 2.37. The normalized spacial score (nSPS) is 21.0. The van der Waals surface area contributed by atoms with Gasteiger partial charge in [-0.3, -0.25) is 0 Å². The van der Waals surface area contributed by atoms with Gasteiger partial charge in [-0.2, -0.15) is 0 Å². The van der Waals surface area contributed by atoms with Crippen LogP contribution in [0, 0.1) is 5.92 Å². The first-order valence-corrected chi connectivity index (χ1v) is 4.91. The van der Waals surface area contributed by atoms with Crippen LogP contribution in [0.1, 0.15) is 27.7 Å². The molecule has 1 N–H and O–H groups in total. The summed E-state index contributed by atoms with van der Waals surface area (Å²) in [6.07, 6.45) is 5.38. The molecule has 1 rings (SSSR count). The molecule has 2 nitrogen and oxygen atoms in total. The molecule has 0 saturated heterocycles. The average molecular weight is 183 g/mol. The van der Waals surface area contributed by atoms with Gasteiger partial charge in [0.1, 0.15) is 6.23 Å². The van der Waals surface area contributed by atoms with Crippen LogP contribution in [0.2, 0.25) is 0 Å². The largest absolute Gasteiger partial charge is 0.370 e. The lowest BCUT2D eigenvalue weighted by Crippen LogP contribution is -2.32. The first-order valence-electron chi connectivity index (χ1n) is 4.91. The average Bonchev–Trinajstić information content (AvgIpc) is 2.13. The number of aliphatic hydroxyl groups excluding tert-OH is 1. The molecule has 0 amide bonds. The maximum Gasteiger partial charge on any atom is 0.149 e. The molecule has 1 heterocycles. The van der Waals surface area contributed by atoms with Gasteiger partial charge in [0, 0.05) is 13.2 Å². The Labute approximate surface area is 81.6 Å². The molecule has 0 aromatic heterocycles. The standard InChI is InChI=1S/C9H15NO.C2H6/c1-7(2)8-5-4-6-10(3)9(8)11;1-2/h4-7,9,11H,1-3H3;1-2H3. The van der Waals surface area contributed by atoms with Crippen molar-refractivity contribution in [2.45, 2.75) is 33.9 Å². The van der Waals surface area contributed by atoms with Crippen molar-refractivity contribution in [2.75, 3.05) is 7.05 Å². The lowest BCUT2D eigenvalue weighted by atomic mass is 9.99. The molecule has 1 aliphatic heterocycles. The van der Waals surface area contributed by atoms with E-state index in [4.69, 9.17) is 0 Å². The van der Waals surface area contributed by atoms with Crippen molar-refractivity contribution < 1.29 is 5.11 Å². The summed E-state index contributed by atoms with van der Waals surface area (Å²) in [7, 11) is 1.87. The smallest absolute Gasteiger partial charge is 0.149 e. The van der Waals surface area contributed by atoms with Crippen LogP contribution < -0.4 is 0 Å². The van der Waals surface area contributed by atoms with Crippen molar-refractivity contribution >= 4 is 0 Å². The van der Waals surface area contributed by atoms with E-state index in [1.165, 1.54) is 0 Å². The molecule has 76 valence electrons. The molecule has 0 fully saturated rings. The van der Waals surface area contributed by atoms with Crippen LogP contribution in [-0.2, 0) is 0 Å². The molecule has 0 bridgehead atoms. The molecule has 1 aliphatic rings. The number of hydrogen-bond donors (Lipinski definition) is 1. The van der Waals surface area contributed by atoms with Gasteiger partial charge in [-0.15, -0.1) is 0 Å². The summed E-state index contributed by atoms with van der Waals surface area (Å²) in [6.45, 7) is 8.17. The van der Waals surface area contributed by atoms with E-state index in [9.17, 15) is 5.11 Å². The molecule has 1 unspecified atom stereocenters. The lowest BCUT2D eigenvalue weighted by Gasteiger charge is -2.28. The number of rotatable bonds is 1.